The summed E-state index contributed by atoms with van der Waals surface area (Å²) in [5.41, 5.74) is 6.93. The number of hydrogen-bond donors (Lipinski definition) is 1. The smallest absolute Gasteiger partial charge is 0.127 e. The topological polar surface area (TPSA) is 35.2 Å². The highest BCUT2D eigenvalue weighted by Crippen LogP contribution is 2.35. The van der Waals surface area contributed by atoms with Gasteiger partial charge in [0, 0.05) is 24.1 Å². The lowest BCUT2D eigenvalue weighted by atomic mass is 9.92. The van der Waals surface area contributed by atoms with E-state index in [1.807, 2.05) is 0 Å². The van der Waals surface area contributed by atoms with Crippen molar-refractivity contribution in [3.05, 3.63) is 29.6 Å². The van der Waals surface area contributed by atoms with Gasteiger partial charge in [-0.15, -0.1) is 0 Å². The Morgan fingerprint density at radius 1 is 1.47 bits per heavy atom. The molecule has 1 heterocycles. The molecule has 0 saturated heterocycles. The number of benzene rings is 1. The van der Waals surface area contributed by atoms with Crippen LogP contribution in [0.3, 0.4) is 0 Å². The molecule has 2 atom stereocenters. The molecular formula is C12H16FNO. The predicted octanol–water partition coefficient (Wildman–Crippen LogP) is 2.63. The van der Waals surface area contributed by atoms with Crippen molar-refractivity contribution in [3.8, 4) is 5.75 Å². The molecule has 0 amide bonds. The Hall–Kier alpha value is -1.09. The highest BCUT2D eigenvalue weighted by atomic mass is 19.1. The number of hydrogen-bond acceptors (Lipinski definition) is 2. The van der Waals surface area contributed by atoms with E-state index in [2.05, 4.69) is 13.8 Å². The van der Waals surface area contributed by atoms with Gasteiger partial charge in [-0.05, 0) is 12.0 Å². The summed E-state index contributed by atoms with van der Waals surface area (Å²) in [6.45, 7) is 4.17. The van der Waals surface area contributed by atoms with Crippen molar-refractivity contribution in [2.24, 2.45) is 11.7 Å². The van der Waals surface area contributed by atoms with Crippen LogP contribution in [-0.2, 0) is 0 Å². The second kappa shape index (κ2) is 3.81. The van der Waals surface area contributed by atoms with E-state index in [-0.39, 0.29) is 18.0 Å². The molecule has 0 spiro atoms. The molecule has 0 aliphatic carbocycles. The molecule has 1 aliphatic heterocycles. The molecule has 2 unspecified atom stereocenters. The minimum absolute atomic E-state index is 0.0400. The quantitative estimate of drug-likeness (QED) is 0.771. The maximum atomic E-state index is 13.0. The van der Waals surface area contributed by atoms with E-state index >= 15 is 0 Å². The fraction of sp³-hybridized carbons (Fsp3) is 0.500. The minimum Gasteiger partial charge on any atom is -0.490 e. The SMILES string of the molecule is CC(C)C1CC(N)c2ccc(F)cc2O1. The van der Waals surface area contributed by atoms with E-state index in [0.717, 1.165) is 12.0 Å². The fourth-order valence-electron chi connectivity index (χ4n) is 1.91. The van der Waals surface area contributed by atoms with E-state index in [1.165, 1.54) is 12.1 Å². The van der Waals surface area contributed by atoms with E-state index in [1.54, 1.807) is 6.07 Å². The number of fused-ring (bicyclic) bond motifs is 1. The van der Waals surface area contributed by atoms with Gasteiger partial charge in [0.1, 0.15) is 17.7 Å². The Morgan fingerprint density at radius 3 is 2.87 bits per heavy atom. The number of halogens is 1. The zero-order chi connectivity index (χ0) is 11.0. The standard InChI is InChI=1S/C12H16FNO/c1-7(2)11-6-10(14)9-4-3-8(13)5-12(9)15-11/h3-5,7,10-11H,6,14H2,1-2H3. The van der Waals surface area contributed by atoms with Gasteiger partial charge >= 0.3 is 0 Å². The molecule has 1 aromatic rings. The lowest BCUT2D eigenvalue weighted by molar-refractivity contribution is 0.114. The third-order valence-corrected chi connectivity index (χ3v) is 2.88. The first kappa shape index (κ1) is 10.4. The first-order chi connectivity index (χ1) is 7.08. The maximum Gasteiger partial charge on any atom is 0.127 e. The highest BCUT2D eigenvalue weighted by Gasteiger charge is 2.27. The molecule has 0 aromatic heterocycles. The molecular weight excluding hydrogens is 193 g/mol. The summed E-state index contributed by atoms with van der Waals surface area (Å²) in [6.07, 6.45) is 0.894. The van der Waals surface area contributed by atoms with Gasteiger partial charge in [-0.1, -0.05) is 19.9 Å². The molecule has 0 bridgehead atoms. The first-order valence-electron chi connectivity index (χ1n) is 5.29. The molecule has 0 radical (unpaired) electrons. The summed E-state index contributed by atoms with van der Waals surface area (Å²) < 4.78 is 18.8. The molecule has 0 fully saturated rings. The lowest BCUT2D eigenvalue weighted by Gasteiger charge is -2.32. The molecule has 2 N–H and O–H groups in total. The monoisotopic (exact) mass is 209 g/mol. The van der Waals surface area contributed by atoms with E-state index < -0.39 is 0 Å². The molecule has 2 nitrogen and oxygen atoms in total. The van der Waals surface area contributed by atoms with Crippen molar-refractivity contribution in [2.45, 2.75) is 32.4 Å². The lowest BCUT2D eigenvalue weighted by Crippen LogP contribution is -2.33. The average Bonchev–Trinajstić information content (AvgIpc) is 2.16. The van der Waals surface area contributed by atoms with Crippen LogP contribution in [0.25, 0.3) is 0 Å². The van der Waals surface area contributed by atoms with Crippen molar-refractivity contribution in [3.63, 3.8) is 0 Å². The fourth-order valence-corrected chi connectivity index (χ4v) is 1.91. The summed E-state index contributed by atoms with van der Waals surface area (Å²) in [6, 6.07) is 4.52. The van der Waals surface area contributed by atoms with Crippen molar-refractivity contribution in [1.82, 2.24) is 0 Å². The third-order valence-electron chi connectivity index (χ3n) is 2.88. The molecule has 2 rings (SSSR count). The van der Waals surface area contributed by atoms with Crippen LogP contribution in [-0.4, -0.2) is 6.10 Å². The molecule has 1 aliphatic rings. The van der Waals surface area contributed by atoms with Crippen LogP contribution in [0.1, 0.15) is 31.9 Å². The zero-order valence-electron chi connectivity index (χ0n) is 9.03. The molecule has 0 saturated carbocycles. The molecule has 15 heavy (non-hydrogen) atoms. The van der Waals surface area contributed by atoms with Crippen molar-refractivity contribution >= 4 is 0 Å². The van der Waals surface area contributed by atoms with Gasteiger partial charge in [-0.2, -0.15) is 0 Å². The van der Waals surface area contributed by atoms with Gasteiger partial charge in [0.25, 0.3) is 0 Å². The van der Waals surface area contributed by atoms with Crippen molar-refractivity contribution in [2.75, 3.05) is 0 Å². The van der Waals surface area contributed by atoms with Crippen LogP contribution >= 0.6 is 0 Å². The van der Waals surface area contributed by atoms with Gasteiger partial charge < -0.3 is 10.5 Å². The van der Waals surface area contributed by atoms with Gasteiger partial charge in [-0.3, -0.25) is 0 Å². The van der Waals surface area contributed by atoms with Gasteiger partial charge in [-0.25, -0.2) is 4.39 Å². The maximum absolute atomic E-state index is 13.0. The van der Waals surface area contributed by atoms with Crippen LogP contribution in [0.4, 0.5) is 4.39 Å². The summed E-state index contributed by atoms with van der Waals surface area (Å²) in [5, 5.41) is 0. The molecule has 3 heteroatoms. The van der Waals surface area contributed by atoms with Crippen LogP contribution in [0.2, 0.25) is 0 Å². The Bertz CT molecular complexity index is 365. The summed E-state index contributed by atoms with van der Waals surface area (Å²) in [7, 11) is 0. The number of ether oxygens (including phenoxy) is 1. The number of nitrogens with two attached hydrogens (primary N) is 1. The van der Waals surface area contributed by atoms with Gasteiger partial charge in [0.2, 0.25) is 0 Å². The second-order valence-corrected chi connectivity index (χ2v) is 4.42. The second-order valence-electron chi connectivity index (χ2n) is 4.42. The van der Waals surface area contributed by atoms with Crippen LogP contribution in [0.5, 0.6) is 5.75 Å². The zero-order valence-corrected chi connectivity index (χ0v) is 9.03. The predicted molar refractivity (Wildman–Crippen MR) is 57.2 cm³/mol. The van der Waals surface area contributed by atoms with Crippen molar-refractivity contribution < 1.29 is 9.13 Å². The normalized spacial score (nSPS) is 24.9. The number of rotatable bonds is 1. The van der Waals surface area contributed by atoms with Crippen LogP contribution < -0.4 is 10.5 Å². The largest absolute Gasteiger partial charge is 0.490 e. The first-order valence-corrected chi connectivity index (χ1v) is 5.29. The minimum atomic E-state index is -0.273. The Labute approximate surface area is 89.2 Å². The highest BCUT2D eigenvalue weighted by molar-refractivity contribution is 5.38. The molecule has 1 aromatic carbocycles. The Kier molecular flexibility index (Phi) is 2.65. The summed E-state index contributed by atoms with van der Waals surface area (Å²) in [5.74, 6) is 0.727. The Morgan fingerprint density at radius 2 is 2.20 bits per heavy atom. The summed E-state index contributed by atoms with van der Waals surface area (Å²) >= 11 is 0. The third kappa shape index (κ3) is 1.97. The van der Waals surface area contributed by atoms with Crippen molar-refractivity contribution in [1.29, 1.82) is 0 Å². The Balaban J connectivity index is 2.33. The van der Waals surface area contributed by atoms with Crippen LogP contribution in [0.15, 0.2) is 18.2 Å². The van der Waals surface area contributed by atoms with Crippen LogP contribution in [0, 0.1) is 11.7 Å². The van der Waals surface area contributed by atoms with E-state index in [9.17, 15) is 4.39 Å². The molecule has 82 valence electrons. The average molecular weight is 209 g/mol. The van der Waals surface area contributed by atoms with Gasteiger partial charge in [0.05, 0.1) is 0 Å². The van der Waals surface area contributed by atoms with E-state index in [0.29, 0.717) is 11.7 Å². The van der Waals surface area contributed by atoms with E-state index in [4.69, 9.17) is 10.5 Å². The summed E-state index contributed by atoms with van der Waals surface area (Å²) in [4.78, 5) is 0. The van der Waals surface area contributed by atoms with Gasteiger partial charge in [0.15, 0.2) is 0 Å².